The number of anilines is 2. The van der Waals surface area contributed by atoms with Gasteiger partial charge in [-0.25, -0.2) is 0 Å². The molecular formula is C26H38N2O2Si. The molecule has 2 aliphatic heterocycles. The summed E-state index contributed by atoms with van der Waals surface area (Å²) in [6.07, 6.45) is 2.18. The van der Waals surface area contributed by atoms with Crippen molar-refractivity contribution >= 4 is 20.3 Å². The van der Waals surface area contributed by atoms with E-state index in [1.165, 1.54) is 33.6 Å². The smallest absolute Gasteiger partial charge is 0.365 e. The molecule has 0 saturated heterocycles. The maximum absolute atomic E-state index is 6.60. The van der Waals surface area contributed by atoms with E-state index in [9.17, 15) is 0 Å². The van der Waals surface area contributed by atoms with Gasteiger partial charge in [-0.15, -0.1) is 0 Å². The lowest BCUT2D eigenvalue weighted by molar-refractivity contribution is 0.215. The number of rotatable bonds is 4. The van der Waals surface area contributed by atoms with E-state index in [2.05, 4.69) is 87.1 Å². The third kappa shape index (κ3) is 3.33. The molecule has 2 heterocycles. The average Bonchev–Trinajstić information content (AvgIpc) is 2.74. The van der Waals surface area contributed by atoms with Crippen molar-refractivity contribution < 1.29 is 8.85 Å². The maximum atomic E-state index is 6.60. The Morgan fingerprint density at radius 2 is 1.10 bits per heavy atom. The van der Waals surface area contributed by atoms with Crippen LogP contribution in [0.25, 0.3) is 0 Å². The summed E-state index contributed by atoms with van der Waals surface area (Å²) in [5, 5.41) is 0. The third-order valence-electron chi connectivity index (χ3n) is 7.81. The summed E-state index contributed by atoms with van der Waals surface area (Å²) in [6, 6.07) is 14.0. The first-order valence-corrected chi connectivity index (χ1v) is 13.3. The van der Waals surface area contributed by atoms with Gasteiger partial charge in [-0.1, -0.05) is 50.2 Å². The lowest BCUT2D eigenvalue weighted by Gasteiger charge is -2.56. The van der Waals surface area contributed by atoms with E-state index in [0.29, 0.717) is 23.9 Å². The Balaban J connectivity index is 2.00. The molecule has 0 radical (unpaired) electrons. The van der Waals surface area contributed by atoms with Crippen LogP contribution in [-0.4, -0.2) is 35.2 Å². The zero-order chi connectivity index (χ0) is 22.5. The Morgan fingerprint density at radius 3 is 1.45 bits per heavy atom. The summed E-state index contributed by atoms with van der Waals surface area (Å²) in [4.78, 5) is 0. The van der Waals surface area contributed by atoms with Gasteiger partial charge in [-0.2, -0.15) is 0 Å². The summed E-state index contributed by atoms with van der Waals surface area (Å²) in [7, 11) is 0.651. The molecule has 4 nitrogen and oxygen atoms in total. The summed E-state index contributed by atoms with van der Waals surface area (Å²) in [5.41, 5.74) is 8.02. The molecule has 0 fully saturated rings. The zero-order valence-electron chi connectivity index (χ0n) is 20.4. The quantitative estimate of drug-likeness (QED) is 0.588. The second-order valence-electron chi connectivity index (χ2n) is 9.71. The van der Waals surface area contributed by atoms with E-state index in [4.69, 9.17) is 8.85 Å². The van der Waals surface area contributed by atoms with Crippen LogP contribution in [0.15, 0.2) is 36.4 Å². The Bertz CT molecular complexity index is 885. The topological polar surface area (TPSA) is 24.9 Å². The largest absolute Gasteiger partial charge is 0.588 e. The molecule has 4 unspecified atom stereocenters. The standard InChI is InChI=1S/C26H38N2O2Si/c1-17-11-9-13-23-15-19(3)21(5)27(25(17)23)31(29-7,30-8)28-22(6)20(4)16-24-14-10-12-18(2)26(24)28/h9-14,19-22H,15-16H2,1-8H3. The van der Waals surface area contributed by atoms with Crippen molar-refractivity contribution in [1.29, 1.82) is 0 Å². The average molecular weight is 439 g/mol. The summed E-state index contributed by atoms with van der Waals surface area (Å²) < 4.78 is 18.3. The fourth-order valence-corrected chi connectivity index (χ4v) is 9.73. The van der Waals surface area contributed by atoms with Crippen LogP contribution < -0.4 is 9.13 Å². The van der Waals surface area contributed by atoms with Gasteiger partial charge < -0.3 is 18.0 Å². The van der Waals surface area contributed by atoms with E-state index in [-0.39, 0.29) is 0 Å². The molecule has 0 saturated carbocycles. The number of hydrogen-bond acceptors (Lipinski definition) is 4. The summed E-state index contributed by atoms with van der Waals surface area (Å²) >= 11 is 0. The fourth-order valence-electron chi connectivity index (χ4n) is 5.80. The molecule has 5 heteroatoms. The second kappa shape index (κ2) is 8.27. The Hall–Kier alpha value is -1.82. The van der Waals surface area contributed by atoms with Gasteiger partial charge in [-0.3, -0.25) is 0 Å². The minimum atomic E-state index is -3.05. The molecule has 4 atom stereocenters. The molecule has 2 aliphatic rings. The zero-order valence-corrected chi connectivity index (χ0v) is 21.4. The molecule has 2 aromatic rings. The number of fused-ring (bicyclic) bond motifs is 2. The van der Waals surface area contributed by atoms with Gasteiger partial charge in [0.25, 0.3) is 0 Å². The number of para-hydroxylation sites is 2. The van der Waals surface area contributed by atoms with E-state index < -0.39 is 8.88 Å². The van der Waals surface area contributed by atoms with Crippen LogP contribution in [0.2, 0.25) is 0 Å². The third-order valence-corrected chi connectivity index (χ3v) is 11.4. The van der Waals surface area contributed by atoms with Crippen molar-refractivity contribution in [3.8, 4) is 0 Å². The highest BCUT2D eigenvalue weighted by Gasteiger charge is 2.59. The van der Waals surface area contributed by atoms with Crippen LogP contribution in [0.3, 0.4) is 0 Å². The molecule has 168 valence electrons. The highest BCUT2D eigenvalue weighted by atomic mass is 28.4. The molecule has 0 N–H and O–H groups in total. The first kappa shape index (κ1) is 22.4. The molecule has 0 spiro atoms. The SMILES string of the molecule is CO[Si](OC)(N1c2c(C)cccc2CC(C)C1C)N1c2c(C)cccc2CC(C)C1C. The molecule has 0 amide bonds. The van der Waals surface area contributed by atoms with Crippen molar-refractivity contribution in [2.24, 2.45) is 11.8 Å². The molecular weight excluding hydrogens is 400 g/mol. The van der Waals surface area contributed by atoms with Gasteiger partial charge in [0.15, 0.2) is 0 Å². The molecule has 2 aromatic carbocycles. The number of nitrogens with zero attached hydrogens (tertiary/aromatic N) is 2. The van der Waals surface area contributed by atoms with Gasteiger partial charge in [0, 0.05) is 37.7 Å². The van der Waals surface area contributed by atoms with Crippen molar-refractivity contribution in [1.82, 2.24) is 0 Å². The predicted molar refractivity (Wildman–Crippen MR) is 132 cm³/mol. The molecule has 31 heavy (non-hydrogen) atoms. The minimum absolute atomic E-state index is 0.317. The van der Waals surface area contributed by atoms with Crippen LogP contribution >= 0.6 is 0 Å². The van der Waals surface area contributed by atoms with Crippen LogP contribution in [0.5, 0.6) is 0 Å². The minimum Gasteiger partial charge on any atom is -0.365 e. The van der Waals surface area contributed by atoms with Crippen molar-refractivity contribution in [2.45, 2.75) is 66.5 Å². The number of aryl methyl sites for hydroxylation is 2. The lowest BCUT2D eigenvalue weighted by Crippen LogP contribution is -2.76. The molecule has 0 aliphatic carbocycles. The monoisotopic (exact) mass is 438 g/mol. The van der Waals surface area contributed by atoms with E-state index in [1.54, 1.807) is 0 Å². The molecule has 0 aromatic heterocycles. The maximum Gasteiger partial charge on any atom is 0.588 e. The lowest BCUT2D eigenvalue weighted by atomic mass is 9.88. The van der Waals surface area contributed by atoms with Crippen LogP contribution in [0.1, 0.15) is 49.9 Å². The number of hydrogen-bond donors (Lipinski definition) is 0. The summed E-state index contributed by atoms with van der Waals surface area (Å²) in [5.74, 6) is 1.03. The van der Waals surface area contributed by atoms with Crippen molar-refractivity contribution in [2.75, 3.05) is 23.4 Å². The van der Waals surface area contributed by atoms with Gasteiger partial charge in [0.1, 0.15) is 0 Å². The van der Waals surface area contributed by atoms with E-state index in [0.717, 1.165) is 12.8 Å². The first-order chi connectivity index (χ1) is 14.8. The van der Waals surface area contributed by atoms with Crippen molar-refractivity contribution in [3.05, 3.63) is 58.7 Å². The van der Waals surface area contributed by atoms with E-state index in [1.807, 2.05) is 14.2 Å². The predicted octanol–water partition coefficient (Wildman–Crippen LogP) is 5.51. The highest BCUT2D eigenvalue weighted by Crippen LogP contribution is 2.46. The van der Waals surface area contributed by atoms with Crippen molar-refractivity contribution in [3.63, 3.8) is 0 Å². The van der Waals surface area contributed by atoms with Crippen LogP contribution in [0, 0.1) is 25.7 Å². The van der Waals surface area contributed by atoms with Gasteiger partial charge in [-0.05, 0) is 74.6 Å². The summed E-state index contributed by atoms with van der Waals surface area (Å²) in [6.45, 7) is 13.8. The normalized spacial score (nSPS) is 25.9. The van der Waals surface area contributed by atoms with E-state index >= 15 is 0 Å². The highest BCUT2D eigenvalue weighted by molar-refractivity contribution is 6.75. The van der Waals surface area contributed by atoms with Crippen LogP contribution in [-0.2, 0) is 21.7 Å². The Morgan fingerprint density at radius 1 is 0.710 bits per heavy atom. The fraction of sp³-hybridized carbons (Fsp3) is 0.538. The van der Waals surface area contributed by atoms with Gasteiger partial charge in [0.2, 0.25) is 0 Å². The van der Waals surface area contributed by atoms with Gasteiger partial charge >= 0.3 is 8.88 Å². The number of benzene rings is 2. The van der Waals surface area contributed by atoms with Gasteiger partial charge in [0.05, 0.1) is 0 Å². The molecule has 4 rings (SSSR count). The molecule has 0 bridgehead atoms. The second-order valence-corrected chi connectivity index (χ2v) is 12.6. The Labute approximate surface area is 189 Å². The Kier molecular flexibility index (Phi) is 5.97. The van der Waals surface area contributed by atoms with Crippen LogP contribution in [0.4, 0.5) is 11.4 Å². The first-order valence-electron chi connectivity index (χ1n) is 11.6.